The summed E-state index contributed by atoms with van der Waals surface area (Å²) in [4.78, 5) is 47.6. The molecule has 156 valence electrons. The first kappa shape index (κ1) is 21.2. The maximum absolute atomic E-state index is 12.3. The Labute approximate surface area is 174 Å². The fraction of sp³-hybridized carbons (Fsp3) is 0.304. The zero-order chi connectivity index (χ0) is 21.5. The Bertz CT molecular complexity index is 966. The van der Waals surface area contributed by atoms with Crippen LogP contribution in [-0.4, -0.2) is 37.2 Å². The Morgan fingerprint density at radius 3 is 2.33 bits per heavy atom. The third-order valence-electron chi connectivity index (χ3n) is 5.00. The quantitative estimate of drug-likeness (QED) is 0.517. The maximum Gasteiger partial charge on any atom is 0.306 e. The van der Waals surface area contributed by atoms with Crippen molar-refractivity contribution in [3.05, 3.63) is 64.7 Å². The maximum atomic E-state index is 12.3. The molecule has 3 rings (SSSR count). The van der Waals surface area contributed by atoms with Crippen molar-refractivity contribution in [1.29, 1.82) is 0 Å². The minimum atomic E-state index is -0.602. The number of nitrogens with one attached hydrogen (secondary N) is 2. The predicted octanol–water partition coefficient (Wildman–Crippen LogP) is 2.68. The molecule has 7 nitrogen and oxygen atoms in total. The average Bonchev–Trinajstić information content (AvgIpc) is 3.24. The molecule has 30 heavy (non-hydrogen) atoms. The first-order valence-corrected chi connectivity index (χ1v) is 9.89. The molecule has 1 aliphatic rings. The molecule has 2 N–H and O–H groups in total. The molecule has 2 aromatic rings. The van der Waals surface area contributed by atoms with Crippen LogP contribution < -0.4 is 10.6 Å². The molecule has 2 amide bonds. The van der Waals surface area contributed by atoms with Gasteiger partial charge in [-0.1, -0.05) is 12.1 Å². The van der Waals surface area contributed by atoms with E-state index in [-0.39, 0.29) is 24.5 Å². The minimum absolute atomic E-state index is 0.0419. The van der Waals surface area contributed by atoms with Crippen molar-refractivity contribution in [2.24, 2.45) is 0 Å². The normalized spacial score (nSPS) is 12.0. The highest BCUT2D eigenvalue weighted by molar-refractivity contribution is 5.98. The van der Waals surface area contributed by atoms with E-state index in [4.69, 9.17) is 4.74 Å². The van der Waals surface area contributed by atoms with Crippen LogP contribution in [0.4, 0.5) is 5.69 Å². The van der Waals surface area contributed by atoms with Gasteiger partial charge < -0.3 is 15.4 Å². The topological polar surface area (TPSA) is 102 Å². The highest BCUT2D eigenvalue weighted by Gasteiger charge is 2.16. The Hall–Kier alpha value is -3.48. The summed E-state index contributed by atoms with van der Waals surface area (Å²) >= 11 is 0. The van der Waals surface area contributed by atoms with E-state index in [0.717, 1.165) is 19.3 Å². The predicted molar refractivity (Wildman–Crippen MR) is 111 cm³/mol. The zero-order valence-electron chi connectivity index (χ0n) is 16.8. The fourth-order valence-electron chi connectivity index (χ4n) is 3.37. The van der Waals surface area contributed by atoms with Crippen LogP contribution in [0.3, 0.4) is 0 Å². The molecule has 0 bridgehead atoms. The number of benzene rings is 2. The number of hydrogen-bond donors (Lipinski definition) is 2. The second-order valence-corrected chi connectivity index (χ2v) is 7.13. The van der Waals surface area contributed by atoms with E-state index in [1.165, 1.54) is 18.2 Å². The molecule has 2 aromatic carbocycles. The number of carbonyl (C=O) groups excluding carboxylic acids is 4. The molecule has 0 atom stereocenters. The molecular formula is C23H24N2O5. The molecule has 0 saturated carbocycles. The lowest BCUT2D eigenvalue weighted by atomic mass is 10.0. The van der Waals surface area contributed by atoms with Crippen molar-refractivity contribution in [3.63, 3.8) is 0 Å². The number of aryl methyl sites for hydroxylation is 2. The van der Waals surface area contributed by atoms with Crippen LogP contribution in [0.5, 0.6) is 0 Å². The van der Waals surface area contributed by atoms with Gasteiger partial charge in [-0.15, -0.1) is 0 Å². The number of Topliss-reactive ketones (excluding diaryl/α,β-unsaturated/α-hetero) is 1. The largest absolute Gasteiger partial charge is 0.456 e. The monoisotopic (exact) mass is 408 g/mol. The second-order valence-electron chi connectivity index (χ2n) is 7.13. The number of hydrogen-bond acceptors (Lipinski definition) is 5. The summed E-state index contributed by atoms with van der Waals surface area (Å²) in [5.74, 6) is -1.44. The van der Waals surface area contributed by atoms with Crippen LogP contribution in [0.15, 0.2) is 42.5 Å². The SMILES string of the molecule is CNC(=O)c1ccc(NC(=O)COC(=O)CCC(=O)c2ccc3c(c2)CCC3)cc1. The summed E-state index contributed by atoms with van der Waals surface area (Å²) in [6, 6.07) is 12.0. The molecule has 0 fully saturated rings. The van der Waals surface area contributed by atoms with E-state index >= 15 is 0 Å². The average molecular weight is 408 g/mol. The molecule has 0 heterocycles. The van der Waals surface area contributed by atoms with E-state index in [9.17, 15) is 19.2 Å². The van der Waals surface area contributed by atoms with Gasteiger partial charge in [0.25, 0.3) is 11.8 Å². The molecule has 7 heteroatoms. The van der Waals surface area contributed by atoms with Gasteiger partial charge in [0, 0.05) is 30.3 Å². The summed E-state index contributed by atoms with van der Waals surface area (Å²) in [7, 11) is 1.53. The number of anilines is 1. The first-order chi connectivity index (χ1) is 14.5. The van der Waals surface area contributed by atoms with Crippen molar-refractivity contribution in [1.82, 2.24) is 5.32 Å². The highest BCUT2D eigenvalue weighted by Crippen LogP contribution is 2.23. The number of ether oxygens (including phenoxy) is 1. The number of rotatable bonds is 8. The Morgan fingerprint density at radius 2 is 1.60 bits per heavy atom. The molecule has 0 saturated heterocycles. The fourth-order valence-corrected chi connectivity index (χ4v) is 3.37. The molecule has 0 aromatic heterocycles. The molecule has 1 aliphatic carbocycles. The smallest absolute Gasteiger partial charge is 0.306 e. The lowest BCUT2D eigenvalue weighted by Crippen LogP contribution is -2.21. The van der Waals surface area contributed by atoms with Gasteiger partial charge >= 0.3 is 5.97 Å². The van der Waals surface area contributed by atoms with Crippen molar-refractivity contribution in [2.75, 3.05) is 19.0 Å². The van der Waals surface area contributed by atoms with E-state index in [1.807, 2.05) is 12.1 Å². The molecule has 0 unspecified atom stereocenters. The standard InChI is InChI=1S/C23H24N2O5/c1-24-23(29)16-7-9-19(10-8-16)25-21(27)14-30-22(28)12-11-20(26)18-6-5-15-3-2-4-17(15)13-18/h5-10,13H,2-4,11-12,14H2,1H3,(H,24,29)(H,25,27). The van der Waals surface area contributed by atoms with Gasteiger partial charge in [0.05, 0.1) is 6.42 Å². The second kappa shape index (κ2) is 9.82. The summed E-state index contributed by atoms with van der Waals surface area (Å²) in [6.07, 6.45) is 3.11. The van der Waals surface area contributed by atoms with Crippen molar-refractivity contribution in [3.8, 4) is 0 Å². The molecular weight excluding hydrogens is 384 g/mol. The Morgan fingerprint density at radius 1 is 0.900 bits per heavy atom. The number of esters is 1. The van der Waals surface area contributed by atoms with Crippen LogP contribution in [-0.2, 0) is 27.2 Å². The van der Waals surface area contributed by atoms with Crippen LogP contribution >= 0.6 is 0 Å². The lowest BCUT2D eigenvalue weighted by molar-refractivity contribution is -0.147. The van der Waals surface area contributed by atoms with Gasteiger partial charge in [-0.25, -0.2) is 0 Å². The van der Waals surface area contributed by atoms with Crippen LogP contribution in [0.25, 0.3) is 0 Å². The van der Waals surface area contributed by atoms with Gasteiger partial charge in [0.15, 0.2) is 12.4 Å². The molecule has 0 spiro atoms. The van der Waals surface area contributed by atoms with Crippen LogP contribution in [0, 0.1) is 0 Å². The number of amides is 2. The van der Waals surface area contributed by atoms with Gasteiger partial charge in [0.2, 0.25) is 0 Å². The van der Waals surface area contributed by atoms with Gasteiger partial charge in [-0.3, -0.25) is 19.2 Å². The number of carbonyl (C=O) groups is 4. The van der Waals surface area contributed by atoms with E-state index in [0.29, 0.717) is 16.8 Å². The number of ketones is 1. The van der Waals surface area contributed by atoms with Gasteiger partial charge in [-0.05, 0) is 60.7 Å². The minimum Gasteiger partial charge on any atom is -0.456 e. The molecule has 0 radical (unpaired) electrons. The summed E-state index contributed by atoms with van der Waals surface area (Å²) in [6.45, 7) is -0.441. The Balaban J connectivity index is 1.40. The van der Waals surface area contributed by atoms with Crippen LogP contribution in [0.1, 0.15) is 51.1 Å². The van der Waals surface area contributed by atoms with E-state index in [2.05, 4.69) is 10.6 Å². The summed E-state index contributed by atoms with van der Waals surface area (Å²) < 4.78 is 4.95. The highest BCUT2D eigenvalue weighted by atomic mass is 16.5. The van der Waals surface area contributed by atoms with Crippen molar-refractivity contribution >= 4 is 29.3 Å². The Kier molecular flexibility index (Phi) is 6.95. The van der Waals surface area contributed by atoms with E-state index in [1.54, 1.807) is 30.3 Å². The zero-order valence-corrected chi connectivity index (χ0v) is 16.8. The van der Waals surface area contributed by atoms with Crippen molar-refractivity contribution < 1.29 is 23.9 Å². The third kappa shape index (κ3) is 5.53. The van der Waals surface area contributed by atoms with Gasteiger partial charge in [0.1, 0.15) is 0 Å². The van der Waals surface area contributed by atoms with E-state index < -0.39 is 18.5 Å². The summed E-state index contributed by atoms with van der Waals surface area (Å²) in [5.41, 5.74) is 4.07. The number of fused-ring (bicyclic) bond motifs is 1. The van der Waals surface area contributed by atoms with Gasteiger partial charge in [-0.2, -0.15) is 0 Å². The lowest BCUT2D eigenvalue weighted by Gasteiger charge is -2.08. The summed E-state index contributed by atoms with van der Waals surface area (Å²) in [5, 5.41) is 5.09. The van der Waals surface area contributed by atoms with Crippen molar-refractivity contribution in [2.45, 2.75) is 32.1 Å². The van der Waals surface area contributed by atoms with Crippen LogP contribution in [0.2, 0.25) is 0 Å². The third-order valence-corrected chi connectivity index (χ3v) is 5.00. The first-order valence-electron chi connectivity index (χ1n) is 9.89. The molecule has 0 aliphatic heterocycles.